The summed E-state index contributed by atoms with van der Waals surface area (Å²) >= 11 is 0. The van der Waals surface area contributed by atoms with Gasteiger partial charge in [0.25, 0.3) is 0 Å². The molecule has 0 unspecified atom stereocenters. The predicted octanol–water partition coefficient (Wildman–Crippen LogP) is 4.56. The van der Waals surface area contributed by atoms with Gasteiger partial charge in [0.2, 0.25) is 16.0 Å². The molecule has 9 nitrogen and oxygen atoms in total. The van der Waals surface area contributed by atoms with E-state index in [1.54, 1.807) is 45.2 Å². The van der Waals surface area contributed by atoms with Gasteiger partial charge in [0, 0.05) is 55.0 Å². The summed E-state index contributed by atoms with van der Waals surface area (Å²) < 4.78 is 26.8. The van der Waals surface area contributed by atoms with Crippen LogP contribution in [0.25, 0.3) is 0 Å². The van der Waals surface area contributed by atoms with E-state index in [9.17, 15) is 8.42 Å². The smallest absolute Gasteiger partial charge is 0.237 e. The number of sulfonamides is 1. The highest BCUT2D eigenvalue weighted by Crippen LogP contribution is 2.26. The quantitative estimate of drug-likeness (QED) is 0.426. The molecule has 2 heterocycles. The van der Waals surface area contributed by atoms with Gasteiger partial charge in [-0.3, -0.25) is 4.72 Å². The summed E-state index contributed by atoms with van der Waals surface area (Å²) in [6, 6.07) is 15.4. The van der Waals surface area contributed by atoms with Crippen LogP contribution in [0, 0.1) is 6.92 Å². The van der Waals surface area contributed by atoms with Gasteiger partial charge in [0.1, 0.15) is 5.82 Å². The van der Waals surface area contributed by atoms with Crippen molar-refractivity contribution >= 4 is 44.5 Å². The van der Waals surface area contributed by atoms with Gasteiger partial charge in [-0.15, -0.1) is 0 Å². The number of anilines is 6. The lowest BCUT2D eigenvalue weighted by atomic mass is 10.2. The zero-order valence-corrected chi connectivity index (χ0v) is 22.4. The largest absolute Gasteiger partial charge is 0.369 e. The molecule has 36 heavy (non-hydrogen) atoms. The van der Waals surface area contributed by atoms with Crippen LogP contribution < -0.4 is 20.3 Å². The van der Waals surface area contributed by atoms with Gasteiger partial charge in [-0.2, -0.15) is 4.98 Å². The van der Waals surface area contributed by atoms with Crippen LogP contribution in [0.4, 0.5) is 34.5 Å². The van der Waals surface area contributed by atoms with Gasteiger partial charge in [-0.25, -0.2) is 13.4 Å². The van der Waals surface area contributed by atoms with Crippen LogP contribution in [0.2, 0.25) is 0 Å². The van der Waals surface area contributed by atoms with Crippen molar-refractivity contribution in [3.63, 3.8) is 0 Å². The fraction of sp³-hybridized carbons (Fsp3) is 0.385. The van der Waals surface area contributed by atoms with Crippen LogP contribution in [0.1, 0.15) is 26.3 Å². The monoisotopic (exact) mass is 509 g/mol. The Balaban J connectivity index is 1.45. The van der Waals surface area contributed by atoms with Crippen LogP contribution in [0.3, 0.4) is 0 Å². The van der Waals surface area contributed by atoms with Crippen molar-refractivity contribution in [2.75, 3.05) is 53.5 Å². The summed E-state index contributed by atoms with van der Waals surface area (Å²) in [6.45, 7) is 11.1. The SMILES string of the molecule is Cc1cnc(Nc2ccc(N3CCN(C)CC3)cc2)nc1Nc1cccc(NS(=O)(=O)C(C)(C)C)c1. The molecule has 4 rings (SSSR count). The lowest BCUT2D eigenvalue weighted by Gasteiger charge is -2.34. The maximum Gasteiger partial charge on any atom is 0.237 e. The molecule has 0 bridgehead atoms. The molecule has 192 valence electrons. The second-order valence-corrected chi connectivity index (χ2v) is 12.5. The van der Waals surface area contributed by atoms with Crippen molar-refractivity contribution in [1.29, 1.82) is 0 Å². The van der Waals surface area contributed by atoms with E-state index in [1.807, 2.05) is 25.1 Å². The maximum atomic E-state index is 12.5. The fourth-order valence-corrected chi connectivity index (χ4v) is 4.43. The van der Waals surface area contributed by atoms with Crippen molar-refractivity contribution in [3.8, 4) is 0 Å². The average molecular weight is 510 g/mol. The summed E-state index contributed by atoms with van der Waals surface area (Å²) in [5.41, 5.74) is 4.18. The molecule has 0 amide bonds. The van der Waals surface area contributed by atoms with Gasteiger partial charge in [-0.1, -0.05) is 6.07 Å². The van der Waals surface area contributed by atoms with Gasteiger partial charge >= 0.3 is 0 Å². The summed E-state index contributed by atoms with van der Waals surface area (Å²) in [4.78, 5) is 13.8. The molecule has 3 N–H and O–H groups in total. The first-order chi connectivity index (χ1) is 17.0. The summed E-state index contributed by atoms with van der Waals surface area (Å²) in [5.74, 6) is 1.11. The molecule has 1 saturated heterocycles. The first kappa shape index (κ1) is 25.7. The average Bonchev–Trinajstić information content (AvgIpc) is 2.82. The zero-order valence-electron chi connectivity index (χ0n) is 21.5. The first-order valence-electron chi connectivity index (χ1n) is 12.0. The molecule has 1 fully saturated rings. The Hall–Kier alpha value is -3.37. The highest BCUT2D eigenvalue weighted by Gasteiger charge is 2.28. The molecule has 3 aromatic rings. The van der Waals surface area contributed by atoms with Crippen LogP contribution in [-0.4, -0.2) is 61.3 Å². The van der Waals surface area contributed by atoms with E-state index in [0.29, 0.717) is 23.1 Å². The number of hydrogen-bond acceptors (Lipinski definition) is 8. The van der Waals surface area contributed by atoms with Crippen LogP contribution in [0.5, 0.6) is 0 Å². The van der Waals surface area contributed by atoms with E-state index in [1.165, 1.54) is 5.69 Å². The van der Waals surface area contributed by atoms with Gasteiger partial charge in [0.05, 0.1) is 10.4 Å². The van der Waals surface area contributed by atoms with E-state index in [4.69, 9.17) is 0 Å². The third-order valence-electron chi connectivity index (χ3n) is 6.15. The Morgan fingerprint density at radius 3 is 2.22 bits per heavy atom. The number of benzene rings is 2. The third-order valence-corrected chi connectivity index (χ3v) is 8.26. The van der Waals surface area contributed by atoms with Gasteiger partial charge in [0.15, 0.2) is 0 Å². The number of aromatic nitrogens is 2. The molecule has 1 aliphatic heterocycles. The number of hydrogen-bond donors (Lipinski definition) is 3. The van der Waals surface area contributed by atoms with Crippen LogP contribution in [-0.2, 0) is 10.0 Å². The Labute approximate surface area is 214 Å². The number of nitrogens with one attached hydrogen (secondary N) is 3. The van der Waals surface area contributed by atoms with Crippen LogP contribution >= 0.6 is 0 Å². The zero-order chi connectivity index (χ0) is 25.9. The predicted molar refractivity (Wildman–Crippen MR) is 148 cm³/mol. The second kappa shape index (κ2) is 10.3. The molecule has 10 heteroatoms. The standard InChI is InChI=1S/C26H35N7O2S/c1-19-18-27-25(29-20-9-11-23(12-10-20)33-15-13-32(5)14-16-33)30-24(19)28-21-7-6-8-22(17-21)31-36(34,35)26(2,3)4/h6-12,17-18,31H,13-16H2,1-5H3,(H2,27,28,29,30). The lowest BCUT2D eigenvalue weighted by molar-refractivity contribution is 0.313. The summed E-state index contributed by atoms with van der Waals surface area (Å²) in [5, 5.41) is 6.56. The highest BCUT2D eigenvalue weighted by molar-refractivity contribution is 7.94. The highest BCUT2D eigenvalue weighted by atomic mass is 32.2. The van der Waals surface area contributed by atoms with Crippen molar-refractivity contribution < 1.29 is 8.42 Å². The molecule has 0 radical (unpaired) electrons. The normalized spacial score (nSPS) is 15.0. The molecule has 1 aromatic heterocycles. The Morgan fingerprint density at radius 2 is 1.56 bits per heavy atom. The summed E-state index contributed by atoms with van der Waals surface area (Å²) in [7, 11) is -1.37. The lowest BCUT2D eigenvalue weighted by Crippen LogP contribution is -2.44. The number of piperazine rings is 1. The molecule has 1 aliphatic rings. The Bertz CT molecular complexity index is 1300. The van der Waals surface area contributed by atoms with E-state index in [2.05, 4.69) is 54.3 Å². The molecule has 2 aromatic carbocycles. The Kier molecular flexibility index (Phi) is 7.37. The van der Waals surface area contributed by atoms with Crippen LogP contribution in [0.15, 0.2) is 54.7 Å². The molecule has 0 atom stereocenters. The first-order valence-corrected chi connectivity index (χ1v) is 13.5. The number of nitrogens with zero attached hydrogens (tertiary/aromatic N) is 4. The number of rotatable bonds is 7. The van der Waals surface area contributed by atoms with Crippen molar-refractivity contribution in [2.24, 2.45) is 0 Å². The molecular formula is C26H35N7O2S. The van der Waals surface area contributed by atoms with E-state index < -0.39 is 14.8 Å². The second-order valence-electron chi connectivity index (χ2n) is 10.1. The minimum absolute atomic E-state index is 0.472. The van der Waals surface area contributed by atoms with E-state index in [0.717, 1.165) is 37.4 Å². The molecular weight excluding hydrogens is 474 g/mol. The molecule has 0 spiro atoms. The maximum absolute atomic E-state index is 12.5. The van der Waals surface area contributed by atoms with Crippen molar-refractivity contribution in [2.45, 2.75) is 32.4 Å². The van der Waals surface area contributed by atoms with Crippen molar-refractivity contribution in [1.82, 2.24) is 14.9 Å². The van der Waals surface area contributed by atoms with Gasteiger partial charge < -0.3 is 20.4 Å². The summed E-state index contributed by atoms with van der Waals surface area (Å²) in [6.07, 6.45) is 1.75. The van der Waals surface area contributed by atoms with E-state index >= 15 is 0 Å². The number of likely N-dealkylation sites (N-methyl/N-ethyl adjacent to an activating group) is 1. The fourth-order valence-electron chi connectivity index (χ4n) is 3.68. The molecule has 0 saturated carbocycles. The van der Waals surface area contributed by atoms with Crippen molar-refractivity contribution in [3.05, 3.63) is 60.3 Å². The number of aryl methyl sites for hydroxylation is 1. The minimum atomic E-state index is -3.52. The Morgan fingerprint density at radius 1 is 0.889 bits per heavy atom. The van der Waals surface area contributed by atoms with E-state index in [-0.39, 0.29) is 0 Å². The third kappa shape index (κ3) is 6.24. The van der Waals surface area contributed by atoms with Gasteiger partial charge in [-0.05, 0) is 77.2 Å². The molecule has 0 aliphatic carbocycles. The topological polar surface area (TPSA) is 102 Å². The minimum Gasteiger partial charge on any atom is -0.369 e.